The first kappa shape index (κ1) is 21.4. The zero-order valence-electron chi connectivity index (χ0n) is 17.5. The first-order chi connectivity index (χ1) is 14.0. The van der Waals surface area contributed by atoms with E-state index in [1.165, 1.54) is 11.3 Å². The fourth-order valence-electron chi connectivity index (χ4n) is 3.90. The van der Waals surface area contributed by atoms with Crippen LogP contribution in [0.4, 0.5) is 0 Å². The van der Waals surface area contributed by atoms with Gasteiger partial charge in [-0.2, -0.15) is 0 Å². The average Bonchev–Trinajstić information content (AvgIpc) is 3.27. The molecular weight excluding hydrogens is 388 g/mol. The van der Waals surface area contributed by atoms with Gasteiger partial charge in [-0.15, -0.1) is 11.3 Å². The number of carbonyl (C=O) groups is 2. The van der Waals surface area contributed by atoms with Crippen LogP contribution < -0.4 is 0 Å². The molecule has 3 rings (SSSR count). The summed E-state index contributed by atoms with van der Waals surface area (Å²) in [5.41, 5.74) is 0.695. The number of ether oxygens (including phenoxy) is 1. The number of ketones is 1. The quantitative estimate of drug-likeness (QED) is 0.666. The number of amides is 1. The van der Waals surface area contributed by atoms with Crippen molar-refractivity contribution in [3.8, 4) is 0 Å². The Labute approximate surface area is 175 Å². The molecule has 1 atom stereocenters. The van der Waals surface area contributed by atoms with E-state index >= 15 is 0 Å². The third kappa shape index (κ3) is 3.91. The number of aromatic nitrogens is 1. The largest absolute Gasteiger partial charge is 0.377 e. The number of rotatable bonds is 6. The Hall–Kier alpha value is -2.32. The molecule has 0 saturated carbocycles. The van der Waals surface area contributed by atoms with Crippen LogP contribution in [0.3, 0.4) is 0 Å². The molecule has 0 N–H and O–H groups in total. The molecule has 29 heavy (non-hydrogen) atoms. The third-order valence-electron chi connectivity index (χ3n) is 5.43. The number of hydrogen-bond donors (Lipinski definition) is 0. The second-order valence-electron chi connectivity index (χ2n) is 7.10. The van der Waals surface area contributed by atoms with Crippen LogP contribution in [0, 0.1) is 0 Å². The number of allylic oxidation sites excluding steroid dienone is 3. The van der Waals surface area contributed by atoms with E-state index in [4.69, 9.17) is 9.73 Å². The van der Waals surface area contributed by atoms with Crippen LogP contribution in [0.5, 0.6) is 0 Å². The monoisotopic (exact) mass is 416 g/mol. The maximum atomic E-state index is 13.2. The molecule has 0 bridgehead atoms. The Bertz CT molecular complexity index is 859. The van der Waals surface area contributed by atoms with E-state index in [2.05, 4.69) is 9.88 Å². The van der Waals surface area contributed by atoms with Gasteiger partial charge in [0, 0.05) is 30.9 Å². The van der Waals surface area contributed by atoms with E-state index in [0.717, 1.165) is 18.0 Å². The Morgan fingerprint density at radius 2 is 2.24 bits per heavy atom. The van der Waals surface area contributed by atoms with Gasteiger partial charge in [-0.1, -0.05) is 26.0 Å². The van der Waals surface area contributed by atoms with Crippen molar-refractivity contribution >= 4 is 28.9 Å². The van der Waals surface area contributed by atoms with Crippen LogP contribution in [0.1, 0.15) is 49.8 Å². The lowest BCUT2D eigenvalue weighted by molar-refractivity contribution is -0.151. The van der Waals surface area contributed by atoms with Crippen molar-refractivity contribution in [2.45, 2.75) is 45.6 Å². The molecule has 1 amide bonds. The van der Waals surface area contributed by atoms with Gasteiger partial charge >= 0.3 is 0 Å². The van der Waals surface area contributed by atoms with Gasteiger partial charge in [0.05, 0.1) is 25.3 Å². The molecule has 1 aromatic rings. The Kier molecular flexibility index (Phi) is 6.64. The Morgan fingerprint density at radius 3 is 2.86 bits per heavy atom. The number of hydrogen-bond acceptors (Lipinski definition) is 6. The topological polar surface area (TPSA) is 75.1 Å². The first-order valence-corrected chi connectivity index (χ1v) is 10.9. The van der Waals surface area contributed by atoms with Crippen molar-refractivity contribution in [2.24, 2.45) is 4.99 Å². The van der Waals surface area contributed by atoms with Crippen LogP contribution >= 0.6 is 11.3 Å². The third-order valence-corrected chi connectivity index (χ3v) is 6.24. The summed E-state index contributed by atoms with van der Waals surface area (Å²) in [4.78, 5) is 38.6. The summed E-state index contributed by atoms with van der Waals surface area (Å²) in [6.45, 7) is 7.39. The molecule has 1 aromatic heterocycles. The molecule has 0 spiro atoms. The number of carbonyl (C=O) groups excluding carboxylic acids is 2. The fraction of sp³-hybridized carbons (Fsp3) is 0.524. The molecular formula is C21H28N4O3S. The van der Waals surface area contributed by atoms with Crippen LogP contribution in [-0.2, 0) is 9.53 Å². The van der Waals surface area contributed by atoms with Gasteiger partial charge in [-0.05, 0) is 19.8 Å². The minimum absolute atomic E-state index is 0.0200. The second-order valence-corrected chi connectivity index (χ2v) is 8.00. The van der Waals surface area contributed by atoms with Gasteiger partial charge in [0.25, 0.3) is 5.91 Å². The minimum Gasteiger partial charge on any atom is -0.377 e. The maximum absolute atomic E-state index is 13.2. The molecule has 0 aromatic carbocycles. The lowest BCUT2D eigenvalue weighted by Gasteiger charge is -2.52. The van der Waals surface area contributed by atoms with Gasteiger partial charge in [0.2, 0.25) is 0 Å². The van der Waals surface area contributed by atoms with Gasteiger partial charge in [0.15, 0.2) is 16.6 Å². The number of morpholine rings is 1. The summed E-state index contributed by atoms with van der Waals surface area (Å²) >= 11 is 1.34. The highest BCUT2D eigenvalue weighted by atomic mass is 32.1. The molecule has 2 saturated heterocycles. The number of piperazine rings is 1. The number of Topliss-reactive ketones (excluding diaryl/α,β-unsaturated/α-hetero) is 1. The van der Waals surface area contributed by atoms with E-state index in [0.29, 0.717) is 36.9 Å². The van der Waals surface area contributed by atoms with Crippen molar-refractivity contribution in [3.05, 3.63) is 40.1 Å². The SMILES string of the molecule is C\C=C1/C(=N/C(=C/CC)CC(=O)c2nccs2)N2CCOCC2(CC)C(=O)N1C. The molecule has 8 heteroatoms. The maximum Gasteiger partial charge on any atom is 0.255 e. The lowest BCUT2D eigenvalue weighted by Crippen LogP contribution is -2.70. The number of fused-ring (bicyclic) bond motifs is 1. The fourth-order valence-corrected chi connectivity index (χ4v) is 4.48. The molecule has 3 heterocycles. The molecule has 7 nitrogen and oxygen atoms in total. The first-order valence-electron chi connectivity index (χ1n) is 9.99. The van der Waals surface area contributed by atoms with E-state index in [1.54, 1.807) is 23.5 Å². The summed E-state index contributed by atoms with van der Waals surface area (Å²) < 4.78 is 5.70. The summed E-state index contributed by atoms with van der Waals surface area (Å²) in [5, 5.41) is 2.29. The summed E-state index contributed by atoms with van der Waals surface area (Å²) in [5.74, 6) is 0.702. The molecule has 156 valence electrons. The summed E-state index contributed by atoms with van der Waals surface area (Å²) in [7, 11) is 1.78. The Balaban J connectivity index is 2.03. The number of aliphatic imine (C=N–C) groups is 1. The lowest BCUT2D eigenvalue weighted by atomic mass is 9.88. The highest BCUT2D eigenvalue weighted by Gasteiger charge is 2.53. The predicted molar refractivity (Wildman–Crippen MR) is 114 cm³/mol. The van der Waals surface area contributed by atoms with Crippen LogP contribution in [0.25, 0.3) is 0 Å². The zero-order chi connectivity index (χ0) is 21.0. The zero-order valence-corrected chi connectivity index (χ0v) is 18.3. The van der Waals surface area contributed by atoms with E-state index in [-0.39, 0.29) is 18.1 Å². The highest BCUT2D eigenvalue weighted by molar-refractivity contribution is 7.11. The van der Waals surface area contributed by atoms with Gasteiger partial charge in [-0.3, -0.25) is 9.59 Å². The van der Waals surface area contributed by atoms with Crippen LogP contribution in [0.2, 0.25) is 0 Å². The minimum atomic E-state index is -0.755. The van der Waals surface area contributed by atoms with Crippen LogP contribution in [-0.4, -0.2) is 64.7 Å². The smallest absolute Gasteiger partial charge is 0.255 e. The molecule has 2 aliphatic heterocycles. The normalized spacial score (nSPS) is 25.7. The van der Waals surface area contributed by atoms with Crippen molar-refractivity contribution in [3.63, 3.8) is 0 Å². The van der Waals surface area contributed by atoms with Crippen LogP contribution in [0.15, 0.2) is 40.1 Å². The molecule has 1 unspecified atom stereocenters. The van der Waals surface area contributed by atoms with Gasteiger partial charge in [0.1, 0.15) is 5.54 Å². The summed E-state index contributed by atoms with van der Waals surface area (Å²) in [6, 6.07) is 0. The summed E-state index contributed by atoms with van der Waals surface area (Å²) in [6.07, 6.45) is 7.07. The van der Waals surface area contributed by atoms with Crippen molar-refractivity contribution in [1.82, 2.24) is 14.8 Å². The van der Waals surface area contributed by atoms with Gasteiger partial charge < -0.3 is 14.5 Å². The van der Waals surface area contributed by atoms with E-state index < -0.39 is 5.54 Å². The molecule has 0 radical (unpaired) electrons. The predicted octanol–water partition coefficient (Wildman–Crippen LogP) is 3.27. The number of likely N-dealkylation sites (N-methyl/N-ethyl adjacent to an activating group) is 1. The second kappa shape index (κ2) is 9.00. The van der Waals surface area contributed by atoms with Crippen molar-refractivity contribution in [2.75, 3.05) is 26.8 Å². The standard InChI is InChI=1S/C21H28N4O3S/c1-5-8-15(13-17(26)19-22-9-12-29-19)23-18-16(6-2)24(4)20(27)21(7-3)14-28-11-10-25(18)21/h6,8-9,12H,5,7,10-11,13-14H2,1-4H3/b15-8+,16-6+,23-18-. The number of amidine groups is 1. The molecule has 0 aliphatic carbocycles. The highest BCUT2D eigenvalue weighted by Crippen LogP contribution is 2.35. The van der Waals surface area contributed by atoms with Crippen molar-refractivity contribution < 1.29 is 14.3 Å². The van der Waals surface area contributed by atoms with E-state index in [1.807, 2.05) is 32.9 Å². The number of nitrogens with zero attached hydrogens (tertiary/aromatic N) is 4. The Morgan fingerprint density at radius 1 is 1.45 bits per heavy atom. The number of thiazole rings is 1. The van der Waals surface area contributed by atoms with Crippen molar-refractivity contribution in [1.29, 1.82) is 0 Å². The van der Waals surface area contributed by atoms with E-state index in [9.17, 15) is 9.59 Å². The average molecular weight is 417 g/mol. The molecule has 2 aliphatic rings. The van der Waals surface area contributed by atoms with Gasteiger partial charge in [-0.25, -0.2) is 9.98 Å². The molecule has 2 fully saturated rings.